The van der Waals surface area contributed by atoms with Gasteiger partial charge in [0.05, 0.1) is 0 Å². The number of benzene rings is 3. The van der Waals surface area contributed by atoms with Gasteiger partial charge in [0.25, 0.3) is 0 Å². The van der Waals surface area contributed by atoms with E-state index in [9.17, 15) is 4.79 Å². The topological polar surface area (TPSA) is 30.2 Å². The van der Waals surface area contributed by atoms with Gasteiger partial charge in [0.2, 0.25) is 0 Å². The van der Waals surface area contributed by atoms with Gasteiger partial charge in [-0.25, -0.2) is 4.79 Å². The van der Waals surface area contributed by atoms with Crippen molar-refractivity contribution >= 4 is 11.0 Å². The Morgan fingerprint density at radius 3 is 2.12 bits per heavy atom. The molecule has 0 radical (unpaired) electrons. The number of fused-ring (bicyclic) bond motifs is 1. The standard InChI is InChI=1S/C22H16O2/c1-15-7-9-17(10-8-15)19-13-18-11-12-22(23)24-21(18)14-20(19)16-5-3-2-4-6-16/h2-14H,1H3. The Morgan fingerprint density at radius 1 is 0.708 bits per heavy atom. The van der Waals surface area contributed by atoms with E-state index in [1.807, 2.05) is 30.3 Å². The van der Waals surface area contributed by atoms with Crippen molar-refractivity contribution in [1.82, 2.24) is 0 Å². The van der Waals surface area contributed by atoms with E-state index in [4.69, 9.17) is 4.42 Å². The lowest BCUT2D eigenvalue weighted by atomic mass is 9.93. The molecule has 0 saturated heterocycles. The van der Waals surface area contributed by atoms with Gasteiger partial charge in [-0.3, -0.25) is 0 Å². The molecule has 0 aliphatic heterocycles. The maximum Gasteiger partial charge on any atom is 0.336 e. The average Bonchev–Trinajstić information content (AvgIpc) is 2.62. The first-order valence-electron chi connectivity index (χ1n) is 7.91. The Bertz CT molecular complexity index is 1060. The third-order valence-electron chi connectivity index (χ3n) is 4.21. The van der Waals surface area contributed by atoms with Crippen LogP contribution >= 0.6 is 0 Å². The largest absolute Gasteiger partial charge is 0.423 e. The van der Waals surface area contributed by atoms with Crippen molar-refractivity contribution in [3.05, 3.63) is 94.8 Å². The van der Waals surface area contributed by atoms with Crippen molar-refractivity contribution in [2.45, 2.75) is 6.92 Å². The third-order valence-corrected chi connectivity index (χ3v) is 4.21. The number of hydrogen-bond acceptors (Lipinski definition) is 2. The molecule has 2 nitrogen and oxygen atoms in total. The van der Waals surface area contributed by atoms with Crippen molar-refractivity contribution in [2.75, 3.05) is 0 Å². The highest BCUT2D eigenvalue weighted by Crippen LogP contribution is 2.35. The van der Waals surface area contributed by atoms with Crippen LogP contribution in [0.5, 0.6) is 0 Å². The first kappa shape index (κ1) is 14.5. The van der Waals surface area contributed by atoms with Gasteiger partial charge in [-0.1, -0.05) is 60.2 Å². The summed E-state index contributed by atoms with van der Waals surface area (Å²) in [6.45, 7) is 2.08. The van der Waals surface area contributed by atoms with Gasteiger partial charge in [-0.2, -0.15) is 0 Å². The van der Waals surface area contributed by atoms with E-state index in [2.05, 4.69) is 49.4 Å². The molecular formula is C22H16O2. The van der Waals surface area contributed by atoms with Crippen LogP contribution in [0.25, 0.3) is 33.2 Å². The highest BCUT2D eigenvalue weighted by Gasteiger charge is 2.11. The fourth-order valence-corrected chi connectivity index (χ4v) is 2.94. The molecule has 2 heteroatoms. The van der Waals surface area contributed by atoms with Crippen LogP contribution < -0.4 is 5.63 Å². The Labute approximate surface area is 140 Å². The van der Waals surface area contributed by atoms with E-state index >= 15 is 0 Å². The highest BCUT2D eigenvalue weighted by molar-refractivity contribution is 5.93. The molecule has 0 spiro atoms. The van der Waals surface area contributed by atoms with Gasteiger partial charge in [0, 0.05) is 11.5 Å². The van der Waals surface area contributed by atoms with Crippen LogP contribution in [0.1, 0.15) is 5.56 Å². The molecule has 0 amide bonds. The summed E-state index contributed by atoms with van der Waals surface area (Å²) >= 11 is 0. The smallest absolute Gasteiger partial charge is 0.336 e. The predicted octanol–water partition coefficient (Wildman–Crippen LogP) is 5.44. The zero-order chi connectivity index (χ0) is 16.5. The van der Waals surface area contributed by atoms with E-state index in [0.717, 1.165) is 27.6 Å². The van der Waals surface area contributed by atoms with Gasteiger partial charge in [0.1, 0.15) is 5.58 Å². The van der Waals surface area contributed by atoms with Crippen LogP contribution in [-0.4, -0.2) is 0 Å². The van der Waals surface area contributed by atoms with Crippen molar-refractivity contribution in [2.24, 2.45) is 0 Å². The second kappa shape index (κ2) is 5.82. The van der Waals surface area contributed by atoms with E-state index in [1.165, 1.54) is 11.6 Å². The van der Waals surface area contributed by atoms with Crippen molar-refractivity contribution in [1.29, 1.82) is 0 Å². The normalized spacial score (nSPS) is 10.9. The molecule has 4 rings (SSSR count). The molecular weight excluding hydrogens is 296 g/mol. The quantitative estimate of drug-likeness (QED) is 0.462. The van der Waals surface area contributed by atoms with Crippen LogP contribution in [0, 0.1) is 6.92 Å². The summed E-state index contributed by atoms with van der Waals surface area (Å²) < 4.78 is 5.38. The summed E-state index contributed by atoms with van der Waals surface area (Å²) in [5.41, 5.74) is 5.94. The lowest BCUT2D eigenvalue weighted by Gasteiger charge is -2.12. The van der Waals surface area contributed by atoms with Crippen LogP contribution in [0.2, 0.25) is 0 Å². The Kier molecular flexibility index (Phi) is 3.51. The predicted molar refractivity (Wildman–Crippen MR) is 98.1 cm³/mol. The van der Waals surface area contributed by atoms with Gasteiger partial charge >= 0.3 is 5.63 Å². The second-order valence-corrected chi connectivity index (χ2v) is 5.92. The molecule has 0 N–H and O–H groups in total. The van der Waals surface area contributed by atoms with Gasteiger partial charge in [-0.05, 0) is 47.4 Å². The molecule has 0 unspecified atom stereocenters. The summed E-state index contributed by atoms with van der Waals surface area (Å²) in [5, 5.41) is 0.921. The fraction of sp³-hybridized carbons (Fsp3) is 0.0455. The SMILES string of the molecule is Cc1ccc(-c2cc3ccc(=O)oc3cc2-c2ccccc2)cc1. The summed E-state index contributed by atoms with van der Waals surface area (Å²) in [5.74, 6) is 0. The zero-order valence-corrected chi connectivity index (χ0v) is 13.3. The van der Waals surface area contributed by atoms with Crippen molar-refractivity contribution < 1.29 is 4.42 Å². The summed E-state index contributed by atoms with van der Waals surface area (Å²) in [4.78, 5) is 11.6. The van der Waals surface area contributed by atoms with Gasteiger partial charge < -0.3 is 4.42 Å². The molecule has 4 aromatic rings. The molecule has 0 saturated carbocycles. The summed E-state index contributed by atoms with van der Waals surface area (Å²) in [7, 11) is 0. The molecule has 0 atom stereocenters. The minimum absolute atomic E-state index is 0.329. The van der Waals surface area contributed by atoms with E-state index in [0.29, 0.717) is 5.58 Å². The number of aryl methyl sites for hydroxylation is 1. The van der Waals surface area contributed by atoms with E-state index in [-0.39, 0.29) is 5.63 Å². The first-order chi connectivity index (χ1) is 11.7. The van der Waals surface area contributed by atoms with Crippen LogP contribution in [0.3, 0.4) is 0 Å². The molecule has 0 bridgehead atoms. The van der Waals surface area contributed by atoms with Crippen LogP contribution in [0.4, 0.5) is 0 Å². The fourth-order valence-electron chi connectivity index (χ4n) is 2.94. The highest BCUT2D eigenvalue weighted by atomic mass is 16.4. The second-order valence-electron chi connectivity index (χ2n) is 5.92. The molecule has 0 fully saturated rings. The maximum absolute atomic E-state index is 11.6. The summed E-state index contributed by atoms with van der Waals surface area (Å²) in [6.07, 6.45) is 0. The monoisotopic (exact) mass is 312 g/mol. The Balaban J connectivity index is 2.04. The molecule has 0 aliphatic rings. The molecule has 116 valence electrons. The minimum Gasteiger partial charge on any atom is -0.423 e. The lowest BCUT2D eigenvalue weighted by Crippen LogP contribution is -1.95. The van der Waals surface area contributed by atoms with E-state index in [1.54, 1.807) is 0 Å². The number of rotatable bonds is 2. The number of hydrogen-bond donors (Lipinski definition) is 0. The molecule has 1 heterocycles. The lowest BCUT2D eigenvalue weighted by molar-refractivity contribution is 0.561. The van der Waals surface area contributed by atoms with Gasteiger partial charge in [0.15, 0.2) is 0 Å². The average molecular weight is 312 g/mol. The van der Waals surface area contributed by atoms with Crippen LogP contribution in [0.15, 0.2) is 88.1 Å². The Morgan fingerprint density at radius 2 is 1.38 bits per heavy atom. The molecule has 3 aromatic carbocycles. The maximum atomic E-state index is 11.6. The molecule has 0 aliphatic carbocycles. The third kappa shape index (κ3) is 2.63. The van der Waals surface area contributed by atoms with Gasteiger partial charge in [-0.15, -0.1) is 0 Å². The van der Waals surface area contributed by atoms with E-state index < -0.39 is 0 Å². The Hall–Kier alpha value is -3.13. The molecule has 24 heavy (non-hydrogen) atoms. The van der Waals surface area contributed by atoms with Crippen molar-refractivity contribution in [3.63, 3.8) is 0 Å². The first-order valence-corrected chi connectivity index (χ1v) is 7.91. The molecule has 1 aromatic heterocycles. The van der Waals surface area contributed by atoms with Crippen molar-refractivity contribution in [3.8, 4) is 22.3 Å². The minimum atomic E-state index is -0.329. The summed E-state index contributed by atoms with van der Waals surface area (Å²) in [6, 6.07) is 26.0. The van der Waals surface area contributed by atoms with Crippen LogP contribution in [-0.2, 0) is 0 Å². The zero-order valence-electron chi connectivity index (χ0n) is 13.3.